The van der Waals surface area contributed by atoms with Gasteiger partial charge in [0, 0.05) is 42.7 Å². The van der Waals surface area contributed by atoms with Gasteiger partial charge in [-0.2, -0.15) is 0 Å². The number of likely N-dealkylation sites (tertiary alicyclic amines) is 1. The second kappa shape index (κ2) is 10.8. The molecule has 6 heteroatoms. The van der Waals surface area contributed by atoms with Crippen molar-refractivity contribution in [2.45, 2.75) is 91.0 Å². The van der Waals surface area contributed by atoms with Crippen LogP contribution in [0, 0.1) is 0 Å². The van der Waals surface area contributed by atoms with Gasteiger partial charge in [-0.15, -0.1) is 0 Å². The predicted octanol–water partition coefficient (Wildman–Crippen LogP) is 6.93. The third-order valence-electron chi connectivity index (χ3n) is 7.49. The SMILES string of the molecule is CCN(CC)C(=O)c1ccc(C2=CC(C)(CC3CCC(C)N3C(=O)OC(C)(C)C)Oc3ccccc32)cc1. The van der Waals surface area contributed by atoms with Gasteiger partial charge in [-0.25, -0.2) is 4.79 Å². The second-order valence-corrected chi connectivity index (χ2v) is 11.7. The average molecular weight is 519 g/mol. The van der Waals surface area contributed by atoms with E-state index in [1.54, 1.807) is 0 Å². The Labute approximate surface area is 227 Å². The largest absolute Gasteiger partial charge is 0.483 e. The van der Waals surface area contributed by atoms with Gasteiger partial charge in [0.15, 0.2) is 0 Å². The first-order valence-electron chi connectivity index (χ1n) is 13.9. The number of nitrogens with zero attached hydrogens (tertiary/aromatic N) is 2. The minimum absolute atomic E-state index is 0.0154. The third kappa shape index (κ3) is 5.90. The lowest BCUT2D eigenvalue weighted by atomic mass is 9.85. The van der Waals surface area contributed by atoms with Crippen molar-refractivity contribution in [1.82, 2.24) is 9.80 Å². The molecule has 3 atom stereocenters. The van der Waals surface area contributed by atoms with Gasteiger partial charge < -0.3 is 19.3 Å². The zero-order valence-electron chi connectivity index (χ0n) is 23.9. The minimum atomic E-state index is -0.617. The normalized spacial score (nSPS) is 22.8. The summed E-state index contributed by atoms with van der Waals surface area (Å²) in [4.78, 5) is 29.7. The molecule has 2 aliphatic heterocycles. The highest BCUT2D eigenvalue weighted by Crippen LogP contribution is 2.43. The molecule has 2 aromatic carbocycles. The summed E-state index contributed by atoms with van der Waals surface area (Å²) in [6.07, 6.45) is 4.44. The number of carbonyl (C=O) groups is 2. The quantitative estimate of drug-likeness (QED) is 0.416. The van der Waals surface area contributed by atoms with E-state index in [0.717, 1.165) is 35.3 Å². The van der Waals surface area contributed by atoms with Crippen molar-refractivity contribution in [2.75, 3.05) is 13.1 Å². The molecular formula is C32H42N2O4. The molecule has 0 bridgehead atoms. The number of carbonyl (C=O) groups excluding carboxylic acids is 2. The van der Waals surface area contributed by atoms with Gasteiger partial charge in [-0.05, 0) is 96.7 Å². The van der Waals surface area contributed by atoms with E-state index in [1.807, 2.05) is 86.9 Å². The first-order valence-corrected chi connectivity index (χ1v) is 13.9. The van der Waals surface area contributed by atoms with E-state index in [0.29, 0.717) is 25.1 Å². The number of ether oxygens (including phenoxy) is 2. The molecule has 0 N–H and O–H groups in total. The number of amides is 2. The number of hydrogen-bond donors (Lipinski definition) is 0. The van der Waals surface area contributed by atoms with Crippen LogP contribution < -0.4 is 4.74 Å². The molecule has 3 unspecified atom stereocenters. The van der Waals surface area contributed by atoms with E-state index in [2.05, 4.69) is 26.0 Å². The highest BCUT2D eigenvalue weighted by molar-refractivity contribution is 5.95. The van der Waals surface area contributed by atoms with E-state index in [1.165, 1.54) is 0 Å². The molecule has 0 saturated carbocycles. The Morgan fingerprint density at radius 3 is 2.34 bits per heavy atom. The fourth-order valence-electron chi connectivity index (χ4n) is 5.65. The molecule has 0 spiro atoms. The van der Waals surface area contributed by atoms with Gasteiger partial charge in [0.25, 0.3) is 5.91 Å². The minimum Gasteiger partial charge on any atom is -0.483 e. The van der Waals surface area contributed by atoms with Gasteiger partial charge in [-0.3, -0.25) is 4.79 Å². The van der Waals surface area contributed by atoms with E-state index in [9.17, 15) is 9.59 Å². The summed E-state index contributed by atoms with van der Waals surface area (Å²) in [6, 6.07) is 16.1. The first kappa shape index (κ1) is 27.7. The molecule has 38 heavy (non-hydrogen) atoms. The number of para-hydroxylation sites is 1. The van der Waals surface area contributed by atoms with Crippen molar-refractivity contribution in [3.05, 3.63) is 71.3 Å². The summed E-state index contributed by atoms with van der Waals surface area (Å²) in [6.45, 7) is 15.3. The monoisotopic (exact) mass is 518 g/mol. The standard InChI is InChI=1S/C32H42N2O4/c1-8-33(9-2)29(35)24-17-15-23(16-18-24)27-21-32(7,37-28-13-11-10-12-26(27)28)20-25-19-14-22(3)34(25)30(36)38-31(4,5)6/h10-13,15-18,21-22,25H,8-9,14,19-20H2,1-7H3. The van der Waals surface area contributed by atoms with Gasteiger partial charge in [0.2, 0.25) is 0 Å². The van der Waals surface area contributed by atoms with Crippen LogP contribution >= 0.6 is 0 Å². The third-order valence-corrected chi connectivity index (χ3v) is 7.49. The molecule has 204 valence electrons. The molecule has 0 radical (unpaired) electrons. The molecule has 2 aromatic rings. The molecule has 1 fully saturated rings. The topological polar surface area (TPSA) is 59.1 Å². The van der Waals surface area contributed by atoms with E-state index < -0.39 is 11.2 Å². The Hall–Kier alpha value is -3.28. The Morgan fingerprint density at radius 2 is 1.71 bits per heavy atom. The maximum Gasteiger partial charge on any atom is 0.410 e. The Bertz CT molecular complexity index is 1190. The van der Waals surface area contributed by atoms with Crippen molar-refractivity contribution in [3.8, 4) is 5.75 Å². The van der Waals surface area contributed by atoms with Crippen molar-refractivity contribution in [1.29, 1.82) is 0 Å². The van der Waals surface area contributed by atoms with Gasteiger partial charge >= 0.3 is 6.09 Å². The molecule has 2 aliphatic rings. The lowest BCUT2D eigenvalue weighted by Gasteiger charge is -2.39. The van der Waals surface area contributed by atoms with Crippen LogP contribution in [0.4, 0.5) is 4.79 Å². The summed E-state index contributed by atoms with van der Waals surface area (Å²) in [7, 11) is 0. The van der Waals surface area contributed by atoms with Crippen LogP contribution in [0.5, 0.6) is 5.75 Å². The zero-order chi connectivity index (χ0) is 27.7. The molecule has 2 heterocycles. The van der Waals surface area contributed by atoms with Crippen LogP contribution in [0.1, 0.15) is 89.2 Å². The summed E-state index contributed by atoms with van der Waals surface area (Å²) in [5, 5.41) is 0. The van der Waals surface area contributed by atoms with Crippen LogP contribution in [0.2, 0.25) is 0 Å². The van der Waals surface area contributed by atoms with Crippen LogP contribution in [0.3, 0.4) is 0 Å². The molecule has 4 rings (SSSR count). The van der Waals surface area contributed by atoms with E-state index >= 15 is 0 Å². The molecule has 0 aliphatic carbocycles. The lowest BCUT2D eigenvalue weighted by Crippen LogP contribution is -2.47. The van der Waals surface area contributed by atoms with Gasteiger partial charge in [0.05, 0.1) is 0 Å². The van der Waals surface area contributed by atoms with Crippen LogP contribution in [0.15, 0.2) is 54.6 Å². The Kier molecular flexibility index (Phi) is 7.91. The van der Waals surface area contributed by atoms with Crippen molar-refractivity contribution in [2.24, 2.45) is 0 Å². The zero-order valence-corrected chi connectivity index (χ0v) is 23.9. The molecule has 6 nitrogen and oxygen atoms in total. The van der Waals surface area contributed by atoms with Crippen molar-refractivity contribution in [3.63, 3.8) is 0 Å². The van der Waals surface area contributed by atoms with Crippen LogP contribution in [-0.2, 0) is 4.74 Å². The molecule has 0 aromatic heterocycles. The highest BCUT2D eigenvalue weighted by atomic mass is 16.6. The predicted molar refractivity (Wildman–Crippen MR) is 151 cm³/mol. The van der Waals surface area contributed by atoms with Crippen LogP contribution in [0.25, 0.3) is 5.57 Å². The highest BCUT2D eigenvalue weighted by Gasteiger charge is 2.42. The van der Waals surface area contributed by atoms with Crippen molar-refractivity contribution >= 4 is 17.6 Å². The first-order chi connectivity index (χ1) is 17.9. The average Bonchev–Trinajstić information content (AvgIpc) is 3.22. The maximum absolute atomic E-state index is 13.1. The van der Waals surface area contributed by atoms with Gasteiger partial charge in [-0.1, -0.05) is 30.3 Å². The van der Waals surface area contributed by atoms with Crippen LogP contribution in [-0.4, -0.2) is 58.2 Å². The maximum atomic E-state index is 13.1. The van der Waals surface area contributed by atoms with E-state index in [4.69, 9.17) is 9.47 Å². The van der Waals surface area contributed by atoms with Crippen molar-refractivity contribution < 1.29 is 19.1 Å². The summed E-state index contributed by atoms with van der Waals surface area (Å²) in [5.74, 6) is 0.871. The summed E-state index contributed by atoms with van der Waals surface area (Å²) >= 11 is 0. The number of rotatable bonds is 6. The summed E-state index contributed by atoms with van der Waals surface area (Å²) in [5.41, 5.74) is 2.66. The Morgan fingerprint density at radius 1 is 1.05 bits per heavy atom. The molecule has 2 amide bonds. The Balaban J connectivity index is 1.64. The smallest absolute Gasteiger partial charge is 0.410 e. The number of benzene rings is 2. The number of fused-ring (bicyclic) bond motifs is 1. The van der Waals surface area contributed by atoms with E-state index in [-0.39, 0.29) is 24.1 Å². The fourth-order valence-corrected chi connectivity index (χ4v) is 5.65. The lowest BCUT2D eigenvalue weighted by molar-refractivity contribution is 0.00845. The number of hydrogen-bond acceptors (Lipinski definition) is 4. The summed E-state index contributed by atoms with van der Waals surface area (Å²) < 4.78 is 12.4. The second-order valence-electron chi connectivity index (χ2n) is 11.7. The van der Waals surface area contributed by atoms with Gasteiger partial charge in [0.1, 0.15) is 17.0 Å². The molecule has 1 saturated heterocycles. The molecular weight excluding hydrogens is 476 g/mol. The fraction of sp³-hybridized carbons (Fsp3) is 0.500.